The van der Waals surface area contributed by atoms with E-state index in [1.54, 1.807) is 12.1 Å². The molecule has 0 aliphatic heterocycles. The van der Waals surface area contributed by atoms with Crippen LogP contribution in [0.2, 0.25) is 0 Å². The molecule has 1 atom stereocenters. The molecule has 25 heavy (non-hydrogen) atoms. The molecule has 0 spiro atoms. The van der Waals surface area contributed by atoms with Crippen molar-refractivity contribution in [3.63, 3.8) is 0 Å². The zero-order valence-electron chi connectivity index (χ0n) is 14.0. The third-order valence-corrected chi connectivity index (χ3v) is 3.78. The molecular formula is C18H20F3N2O2+. The van der Waals surface area contributed by atoms with Crippen molar-refractivity contribution in [2.24, 2.45) is 0 Å². The van der Waals surface area contributed by atoms with Gasteiger partial charge in [-0.05, 0) is 37.3 Å². The maximum absolute atomic E-state index is 13.7. The Hall–Kier alpha value is -2.54. The average Bonchev–Trinajstić information content (AvgIpc) is 2.57. The average molecular weight is 353 g/mol. The standard InChI is InChI=1S/C18H19F3N2O2/c1-3-23(10-12-4-7-17(25-2)16(21)8-12)11-18(24)22-13-5-6-14(19)15(20)9-13/h4-9H,3,10-11H2,1-2H3,(H,22,24)/p+1. The fraction of sp³-hybridized carbons (Fsp3) is 0.278. The minimum absolute atomic E-state index is 0.114. The highest BCUT2D eigenvalue weighted by atomic mass is 19.2. The minimum atomic E-state index is -1.02. The van der Waals surface area contributed by atoms with E-state index in [0.29, 0.717) is 13.1 Å². The molecule has 2 aromatic carbocycles. The first-order chi connectivity index (χ1) is 11.9. The Balaban J connectivity index is 1.97. The molecule has 0 saturated heterocycles. The van der Waals surface area contributed by atoms with Crippen molar-refractivity contribution in [1.29, 1.82) is 0 Å². The maximum atomic E-state index is 13.7. The van der Waals surface area contributed by atoms with Crippen LogP contribution >= 0.6 is 0 Å². The van der Waals surface area contributed by atoms with Crippen LogP contribution in [0.5, 0.6) is 5.75 Å². The number of rotatable bonds is 7. The second kappa shape index (κ2) is 8.53. The number of benzene rings is 2. The highest BCUT2D eigenvalue weighted by Gasteiger charge is 2.15. The van der Waals surface area contributed by atoms with Gasteiger partial charge < -0.3 is 15.0 Å². The summed E-state index contributed by atoms with van der Waals surface area (Å²) in [4.78, 5) is 13.0. The quantitative estimate of drug-likeness (QED) is 0.801. The lowest BCUT2D eigenvalue weighted by Crippen LogP contribution is -3.11. The topological polar surface area (TPSA) is 42.8 Å². The van der Waals surface area contributed by atoms with Crippen LogP contribution in [0.1, 0.15) is 12.5 Å². The van der Waals surface area contributed by atoms with Crippen molar-refractivity contribution >= 4 is 11.6 Å². The Kier molecular flexibility index (Phi) is 6.41. The molecule has 0 radical (unpaired) electrons. The molecule has 0 aliphatic carbocycles. The molecule has 0 aromatic heterocycles. The van der Waals surface area contributed by atoms with Crippen LogP contribution in [-0.2, 0) is 11.3 Å². The van der Waals surface area contributed by atoms with E-state index in [0.717, 1.165) is 22.6 Å². The summed E-state index contributed by atoms with van der Waals surface area (Å²) < 4.78 is 44.7. The van der Waals surface area contributed by atoms with Gasteiger partial charge in [-0.15, -0.1) is 0 Å². The molecule has 1 unspecified atom stereocenters. The first-order valence-electron chi connectivity index (χ1n) is 7.83. The van der Waals surface area contributed by atoms with Crippen LogP contribution in [0.15, 0.2) is 36.4 Å². The van der Waals surface area contributed by atoms with Gasteiger partial charge >= 0.3 is 0 Å². The Morgan fingerprint density at radius 2 is 1.84 bits per heavy atom. The van der Waals surface area contributed by atoms with Crippen LogP contribution in [0.4, 0.5) is 18.9 Å². The molecule has 7 heteroatoms. The number of hydrogen-bond acceptors (Lipinski definition) is 2. The third-order valence-electron chi connectivity index (χ3n) is 3.78. The van der Waals surface area contributed by atoms with Gasteiger partial charge in [-0.3, -0.25) is 4.79 Å². The lowest BCUT2D eigenvalue weighted by atomic mass is 10.2. The van der Waals surface area contributed by atoms with Gasteiger partial charge in [0.05, 0.1) is 13.7 Å². The number of carbonyl (C=O) groups is 1. The smallest absolute Gasteiger partial charge is 0.279 e. The minimum Gasteiger partial charge on any atom is -0.494 e. The van der Waals surface area contributed by atoms with Crippen LogP contribution in [0.3, 0.4) is 0 Å². The van der Waals surface area contributed by atoms with Crippen molar-refractivity contribution in [1.82, 2.24) is 0 Å². The number of carbonyl (C=O) groups excluding carboxylic acids is 1. The summed E-state index contributed by atoms with van der Waals surface area (Å²) in [5.74, 6) is -2.62. The highest BCUT2D eigenvalue weighted by molar-refractivity contribution is 5.91. The molecule has 0 bridgehead atoms. The molecule has 1 amide bonds. The van der Waals surface area contributed by atoms with Crippen LogP contribution < -0.4 is 15.0 Å². The molecule has 0 saturated carbocycles. The van der Waals surface area contributed by atoms with Crippen molar-refractivity contribution in [3.05, 3.63) is 59.4 Å². The molecule has 2 N–H and O–H groups in total. The molecular weight excluding hydrogens is 333 g/mol. The van der Waals surface area contributed by atoms with Crippen LogP contribution in [0, 0.1) is 17.5 Å². The fourth-order valence-electron chi connectivity index (χ4n) is 2.43. The summed E-state index contributed by atoms with van der Waals surface area (Å²) in [5, 5.41) is 2.53. The second-order valence-electron chi connectivity index (χ2n) is 5.60. The molecule has 0 aliphatic rings. The zero-order chi connectivity index (χ0) is 18.4. The normalized spacial score (nSPS) is 11.9. The zero-order valence-corrected chi connectivity index (χ0v) is 14.0. The van der Waals surface area contributed by atoms with E-state index in [2.05, 4.69) is 5.32 Å². The van der Waals surface area contributed by atoms with E-state index in [1.165, 1.54) is 19.2 Å². The fourth-order valence-corrected chi connectivity index (χ4v) is 2.43. The number of anilines is 1. The SMILES string of the molecule is CC[NH+](CC(=O)Nc1ccc(F)c(F)c1)Cc1ccc(OC)c(F)c1. The van der Waals surface area contributed by atoms with Gasteiger partial charge in [0, 0.05) is 17.3 Å². The number of methoxy groups -OCH3 is 1. The molecule has 4 nitrogen and oxygen atoms in total. The van der Waals surface area contributed by atoms with Crippen molar-refractivity contribution in [2.45, 2.75) is 13.5 Å². The maximum Gasteiger partial charge on any atom is 0.279 e. The molecule has 0 heterocycles. The van der Waals surface area contributed by atoms with Crippen molar-refractivity contribution < 1.29 is 27.6 Å². The van der Waals surface area contributed by atoms with E-state index in [-0.39, 0.29) is 23.9 Å². The van der Waals surface area contributed by atoms with E-state index < -0.39 is 17.5 Å². The summed E-state index contributed by atoms with van der Waals surface area (Å²) in [6.07, 6.45) is 0. The highest BCUT2D eigenvalue weighted by Crippen LogP contribution is 2.17. The van der Waals surface area contributed by atoms with Crippen LogP contribution in [0.25, 0.3) is 0 Å². The van der Waals surface area contributed by atoms with Crippen molar-refractivity contribution in [3.8, 4) is 5.75 Å². The molecule has 2 rings (SSSR count). The van der Waals surface area contributed by atoms with Crippen LogP contribution in [-0.4, -0.2) is 26.1 Å². The van der Waals surface area contributed by atoms with E-state index >= 15 is 0 Å². The first-order valence-corrected chi connectivity index (χ1v) is 7.83. The number of ether oxygens (including phenoxy) is 1. The number of hydrogen-bond donors (Lipinski definition) is 2. The van der Waals surface area contributed by atoms with Crippen molar-refractivity contribution in [2.75, 3.05) is 25.5 Å². The number of halogens is 3. The summed E-state index contributed by atoms with van der Waals surface area (Å²) >= 11 is 0. The summed E-state index contributed by atoms with van der Waals surface area (Å²) in [7, 11) is 1.39. The lowest BCUT2D eigenvalue weighted by molar-refractivity contribution is -0.903. The predicted molar refractivity (Wildman–Crippen MR) is 88.0 cm³/mol. The number of nitrogens with one attached hydrogen (secondary N) is 2. The predicted octanol–water partition coefficient (Wildman–Crippen LogP) is 2.16. The second-order valence-corrected chi connectivity index (χ2v) is 5.60. The Morgan fingerprint density at radius 3 is 2.44 bits per heavy atom. The van der Waals surface area contributed by atoms with Gasteiger partial charge in [0.2, 0.25) is 0 Å². The summed E-state index contributed by atoms with van der Waals surface area (Å²) in [6.45, 7) is 3.10. The number of quaternary nitrogens is 1. The van der Waals surface area contributed by atoms with Gasteiger partial charge in [0.25, 0.3) is 5.91 Å². The van der Waals surface area contributed by atoms with E-state index in [9.17, 15) is 18.0 Å². The van der Waals surface area contributed by atoms with E-state index in [1.807, 2.05) is 6.92 Å². The first kappa shape index (κ1) is 18.8. The van der Waals surface area contributed by atoms with Gasteiger partial charge in [-0.2, -0.15) is 0 Å². The monoisotopic (exact) mass is 353 g/mol. The molecule has 134 valence electrons. The molecule has 2 aromatic rings. The number of likely N-dealkylation sites (N-methyl/N-ethyl adjacent to an activating group) is 1. The molecule has 0 fully saturated rings. The van der Waals surface area contributed by atoms with Gasteiger partial charge in [0.15, 0.2) is 29.7 Å². The summed E-state index contributed by atoms with van der Waals surface area (Å²) in [6, 6.07) is 7.83. The van der Waals surface area contributed by atoms with Gasteiger partial charge in [-0.25, -0.2) is 13.2 Å². The number of amides is 1. The Labute approximate surface area is 144 Å². The third kappa shape index (κ3) is 5.22. The Morgan fingerprint density at radius 1 is 1.08 bits per heavy atom. The lowest BCUT2D eigenvalue weighted by Gasteiger charge is -2.17. The van der Waals surface area contributed by atoms with Gasteiger partial charge in [-0.1, -0.05) is 0 Å². The Bertz CT molecular complexity index is 753. The van der Waals surface area contributed by atoms with E-state index in [4.69, 9.17) is 4.74 Å². The largest absolute Gasteiger partial charge is 0.494 e. The summed E-state index contributed by atoms with van der Waals surface area (Å²) in [5.41, 5.74) is 0.922. The van der Waals surface area contributed by atoms with Gasteiger partial charge in [0.1, 0.15) is 6.54 Å².